The molecule has 40 heavy (non-hydrogen) atoms. The molecule has 0 unspecified atom stereocenters. The minimum atomic E-state index is -3.92. The van der Waals surface area contributed by atoms with Crippen molar-refractivity contribution in [1.82, 2.24) is 10.2 Å². The second-order valence-electron chi connectivity index (χ2n) is 9.42. The van der Waals surface area contributed by atoms with Crippen LogP contribution in [0.15, 0.2) is 66.7 Å². The zero-order chi connectivity index (χ0) is 29.4. The number of sulfonamides is 1. The number of nitrogens with zero attached hydrogens (tertiary/aromatic N) is 2. The summed E-state index contributed by atoms with van der Waals surface area (Å²) in [7, 11) is -3.92. The summed E-state index contributed by atoms with van der Waals surface area (Å²) in [5.74, 6) is -0.972. The highest BCUT2D eigenvalue weighted by Crippen LogP contribution is 2.29. The Morgan fingerprint density at radius 1 is 0.950 bits per heavy atom. The summed E-state index contributed by atoms with van der Waals surface area (Å²) in [6.07, 6.45) is 1.91. The molecule has 0 bridgehead atoms. The first-order chi connectivity index (χ1) is 18.9. The number of carbonyl (C=O) groups excluding carboxylic acids is 2. The average molecular weight is 625 g/mol. The van der Waals surface area contributed by atoms with E-state index in [1.54, 1.807) is 37.3 Å². The van der Waals surface area contributed by atoms with E-state index in [2.05, 4.69) is 5.32 Å². The van der Waals surface area contributed by atoms with Gasteiger partial charge in [-0.05, 0) is 48.7 Å². The highest BCUT2D eigenvalue weighted by atomic mass is 35.5. The van der Waals surface area contributed by atoms with E-state index in [1.165, 1.54) is 11.0 Å². The molecule has 0 aliphatic rings. The van der Waals surface area contributed by atoms with Gasteiger partial charge in [0.05, 0.1) is 11.9 Å². The standard InChI is InChI=1S/C29H32Cl3N3O4S/c1-4-15-33-29(37)27(16-21-9-6-5-7-10-21)34(18-23-24(31)11-8-12-25(23)32)28(36)19-35(40(3,38)39)26-17-22(30)14-13-20(26)2/h5-14,17,27H,4,15-16,18-19H2,1-3H3,(H,33,37)/t27-/m0/s1. The summed E-state index contributed by atoms with van der Waals surface area (Å²) in [6, 6.07) is 18.1. The van der Waals surface area contributed by atoms with Crippen LogP contribution in [0.3, 0.4) is 0 Å². The molecule has 0 saturated carbocycles. The fourth-order valence-electron chi connectivity index (χ4n) is 4.22. The molecule has 0 heterocycles. The maximum atomic E-state index is 14.1. The monoisotopic (exact) mass is 623 g/mol. The zero-order valence-corrected chi connectivity index (χ0v) is 25.6. The first kappa shape index (κ1) is 31.7. The van der Waals surface area contributed by atoms with Crippen LogP contribution in [0.25, 0.3) is 0 Å². The molecule has 3 aromatic rings. The van der Waals surface area contributed by atoms with E-state index in [-0.39, 0.29) is 24.6 Å². The van der Waals surface area contributed by atoms with Crippen LogP contribution >= 0.6 is 34.8 Å². The normalized spacial score (nSPS) is 12.1. The Bertz CT molecular complexity index is 1430. The predicted octanol–water partition coefficient (Wildman–Crippen LogP) is 5.89. The second kappa shape index (κ2) is 14.2. The third-order valence-electron chi connectivity index (χ3n) is 6.33. The van der Waals surface area contributed by atoms with Crippen LogP contribution in [0, 0.1) is 6.92 Å². The van der Waals surface area contributed by atoms with Gasteiger partial charge in [-0.15, -0.1) is 0 Å². The van der Waals surface area contributed by atoms with Gasteiger partial charge in [0.2, 0.25) is 21.8 Å². The van der Waals surface area contributed by atoms with E-state index in [0.29, 0.717) is 39.2 Å². The molecule has 214 valence electrons. The van der Waals surface area contributed by atoms with Crippen LogP contribution in [0.4, 0.5) is 5.69 Å². The van der Waals surface area contributed by atoms with Crippen molar-refractivity contribution in [2.45, 2.75) is 39.3 Å². The Morgan fingerprint density at radius 2 is 1.60 bits per heavy atom. The topological polar surface area (TPSA) is 86.8 Å². The number of anilines is 1. The lowest BCUT2D eigenvalue weighted by Crippen LogP contribution is -2.53. The summed E-state index contributed by atoms with van der Waals surface area (Å²) in [5.41, 5.74) is 2.16. The van der Waals surface area contributed by atoms with Crippen LogP contribution in [0.1, 0.15) is 30.0 Å². The molecule has 0 aromatic heterocycles. The molecule has 0 fully saturated rings. The molecular weight excluding hydrogens is 593 g/mol. The molecule has 0 radical (unpaired) electrons. The van der Waals surface area contributed by atoms with Gasteiger partial charge in [-0.3, -0.25) is 13.9 Å². The Morgan fingerprint density at radius 3 is 2.20 bits per heavy atom. The minimum absolute atomic E-state index is 0.111. The summed E-state index contributed by atoms with van der Waals surface area (Å²) in [6.45, 7) is 3.40. The van der Waals surface area contributed by atoms with Gasteiger partial charge < -0.3 is 10.2 Å². The Balaban J connectivity index is 2.11. The van der Waals surface area contributed by atoms with Crippen LogP contribution in [-0.2, 0) is 32.6 Å². The smallest absolute Gasteiger partial charge is 0.244 e. The summed E-state index contributed by atoms with van der Waals surface area (Å²) in [4.78, 5) is 29.0. The number of rotatable bonds is 12. The average Bonchev–Trinajstić information content (AvgIpc) is 2.90. The van der Waals surface area contributed by atoms with Crippen LogP contribution in [0.5, 0.6) is 0 Å². The summed E-state index contributed by atoms with van der Waals surface area (Å²) < 4.78 is 26.9. The molecule has 0 aliphatic heterocycles. The molecule has 2 amide bonds. The van der Waals surface area contributed by atoms with E-state index < -0.39 is 28.5 Å². The maximum Gasteiger partial charge on any atom is 0.244 e. The lowest BCUT2D eigenvalue weighted by molar-refractivity contribution is -0.140. The molecule has 0 aliphatic carbocycles. The Kier molecular flexibility index (Phi) is 11.3. The van der Waals surface area contributed by atoms with E-state index in [1.807, 2.05) is 37.3 Å². The third kappa shape index (κ3) is 8.36. The number of halogens is 3. The minimum Gasteiger partial charge on any atom is -0.354 e. The maximum absolute atomic E-state index is 14.1. The first-order valence-corrected chi connectivity index (χ1v) is 15.7. The van der Waals surface area contributed by atoms with E-state index in [4.69, 9.17) is 34.8 Å². The van der Waals surface area contributed by atoms with Gasteiger partial charge in [0.25, 0.3) is 0 Å². The predicted molar refractivity (Wildman–Crippen MR) is 163 cm³/mol. The van der Waals surface area contributed by atoms with Crippen LogP contribution in [-0.4, -0.2) is 50.5 Å². The van der Waals surface area contributed by atoms with Crippen molar-refractivity contribution in [2.24, 2.45) is 0 Å². The largest absolute Gasteiger partial charge is 0.354 e. The van der Waals surface area contributed by atoms with E-state index in [9.17, 15) is 18.0 Å². The molecule has 3 aromatic carbocycles. The fourth-order valence-corrected chi connectivity index (χ4v) is 5.80. The van der Waals surface area contributed by atoms with Crippen molar-refractivity contribution >= 4 is 62.3 Å². The molecule has 0 spiro atoms. The van der Waals surface area contributed by atoms with Crippen molar-refractivity contribution in [1.29, 1.82) is 0 Å². The molecule has 11 heteroatoms. The van der Waals surface area contributed by atoms with Gasteiger partial charge >= 0.3 is 0 Å². The van der Waals surface area contributed by atoms with Gasteiger partial charge in [-0.1, -0.05) is 84.2 Å². The summed E-state index contributed by atoms with van der Waals surface area (Å²) >= 11 is 19.1. The lowest BCUT2D eigenvalue weighted by Gasteiger charge is -2.34. The Labute approximate surface area is 251 Å². The number of hydrogen-bond acceptors (Lipinski definition) is 4. The number of benzene rings is 3. The fraction of sp³-hybridized carbons (Fsp3) is 0.310. The quantitative estimate of drug-likeness (QED) is 0.272. The third-order valence-corrected chi connectivity index (χ3v) is 8.40. The molecular formula is C29H32Cl3N3O4S. The van der Waals surface area contributed by atoms with Gasteiger partial charge in [0.1, 0.15) is 12.6 Å². The summed E-state index contributed by atoms with van der Waals surface area (Å²) in [5, 5.41) is 3.85. The lowest BCUT2D eigenvalue weighted by atomic mass is 10.0. The van der Waals surface area contributed by atoms with Gasteiger partial charge in [-0.2, -0.15) is 0 Å². The van der Waals surface area contributed by atoms with Crippen molar-refractivity contribution in [3.05, 3.63) is 98.5 Å². The van der Waals surface area contributed by atoms with Crippen molar-refractivity contribution in [3.8, 4) is 0 Å². The van der Waals surface area contributed by atoms with Crippen LogP contribution < -0.4 is 9.62 Å². The van der Waals surface area contributed by atoms with E-state index >= 15 is 0 Å². The van der Waals surface area contributed by atoms with Gasteiger partial charge in [0, 0.05) is 40.1 Å². The second-order valence-corrected chi connectivity index (χ2v) is 12.6. The highest BCUT2D eigenvalue weighted by Gasteiger charge is 2.34. The molecule has 0 saturated heterocycles. The molecule has 3 rings (SSSR count). The van der Waals surface area contributed by atoms with Crippen LogP contribution in [0.2, 0.25) is 15.1 Å². The number of hydrogen-bond donors (Lipinski definition) is 1. The molecule has 1 atom stereocenters. The molecule has 1 N–H and O–H groups in total. The molecule has 7 nitrogen and oxygen atoms in total. The zero-order valence-electron chi connectivity index (χ0n) is 22.5. The van der Waals surface area contributed by atoms with E-state index in [0.717, 1.165) is 16.1 Å². The van der Waals surface area contributed by atoms with Gasteiger partial charge in [-0.25, -0.2) is 8.42 Å². The van der Waals surface area contributed by atoms with Gasteiger partial charge in [0.15, 0.2) is 0 Å². The Hall–Kier alpha value is -2.78. The van der Waals surface area contributed by atoms with Crippen molar-refractivity contribution < 1.29 is 18.0 Å². The first-order valence-electron chi connectivity index (χ1n) is 12.7. The van der Waals surface area contributed by atoms with Crippen molar-refractivity contribution in [3.63, 3.8) is 0 Å². The number of amides is 2. The van der Waals surface area contributed by atoms with Crippen molar-refractivity contribution in [2.75, 3.05) is 23.7 Å². The highest BCUT2D eigenvalue weighted by molar-refractivity contribution is 7.92. The number of carbonyl (C=O) groups is 2. The number of nitrogens with one attached hydrogen (secondary N) is 1. The number of aryl methyl sites for hydroxylation is 1. The SMILES string of the molecule is CCCNC(=O)[C@H](Cc1ccccc1)N(Cc1c(Cl)cccc1Cl)C(=O)CN(c1cc(Cl)ccc1C)S(C)(=O)=O.